The highest BCUT2D eigenvalue weighted by Crippen LogP contribution is 2.18. The SMILES string of the molecule is CN1CC(=O)N(Cc2ccc(C#CCCO)s2)CC1=O. The van der Waals surface area contributed by atoms with Crippen molar-refractivity contribution in [3.63, 3.8) is 0 Å². The van der Waals surface area contributed by atoms with E-state index in [0.29, 0.717) is 13.0 Å². The number of likely N-dealkylation sites (N-methyl/N-ethyl adjacent to an activating group) is 1. The molecule has 1 aromatic heterocycles. The van der Waals surface area contributed by atoms with Crippen LogP contribution in [-0.4, -0.2) is 53.5 Å². The van der Waals surface area contributed by atoms with Gasteiger partial charge in [0.15, 0.2) is 0 Å². The van der Waals surface area contributed by atoms with Gasteiger partial charge in [-0.15, -0.1) is 11.3 Å². The Labute approximate surface area is 121 Å². The second-order valence-corrected chi connectivity index (χ2v) is 5.71. The van der Waals surface area contributed by atoms with Crippen LogP contribution in [0.3, 0.4) is 0 Å². The number of aliphatic hydroxyl groups excluding tert-OH is 1. The molecule has 1 aliphatic rings. The van der Waals surface area contributed by atoms with Crippen LogP contribution in [-0.2, 0) is 16.1 Å². The summed E-state index contributed by atoms with van der Waals surface area (Å²) in [6.45, 7) is 0.792. The lowest BCUT2D eigenvalue weighted by Gasteiger charge is -2.31. The van der Waals surface area contributed by atoms with Crippen molar-refractivity contribution in [2.45, 2.75) is 13.0 Å². The van der Waals surface area contributed by atoms with Gasteiger partial charge >= 0.3 is 0 Å². The minimum absolute atomic E-state index is 0.0339. The van der Waals surface area contributed by atoms with E-state index in [1.165, 1.54) is 16.2 Å². The normalized spacial score (nSPS) is 15.3. The zero-order valence-electron chi connectivity index (χ0n) is 11.3. The molecule has 0 unspecified atom stereocenters. The van der Waals surface area contributed by atoms with E-state index < -0.39 is 0 Å². The quantitative estimate of drug-likeness (QED) is 0.814. The molecule has 0 spiro atoms. The first-order chi connectivity index (χ1) is 9.60. The molecule has 0 atom stereocenters. The summed E-state index contributed by atoms with van der Waals surface area (Å²) < 4.78 is 0. The fraction of sp³-hybridized carbons (Fsp3) is 0.429. The zero-order chi connectivity index (χ0) is 14.5. The van der Waals surface area contributed by atoms with E-state index in [0.717, 1.165) is 9.75 Å². The Morgan fingerprint density at radius 3 is 2.85 bits per heavy atom. The largest absolute Gasteiger partial charge is 0.395 e. The second-order valence-electron chi connectivity index (χ2n) is 4.54. The van der Waals surface area contributed by atoms with Gasteiger partial charge in [0.2, 0.25) is 11.8 Å². The number of piperazine rings is 1. The van der Waals surface area contributed by atoms with Gasteiger partial charge in [-0.3, -0.25) is 9.59 Å². The van der Waals surface area contributed by atoms with Crippen molar-refractivity contribution in [3.8, 4) is 11.8 Å². The summed E-state index contributed by atoms with van der Waals surface area (Å²) in [5.41, 5.74) is 0. The van der Waals surface area contributed by atoms with Crippen LogP contribution in [0.5, 0.6) is 0 Å². The number of hydrogen-bond donors (Lipinski definition) is 1. The van der Waals surface area contributed by atoms with Gasteiger partial charge in [0, 0.05) is 18.3 Å². The van der Waals surface area contributed by atoms with E-state index in [4.69, 9.17) is 5.11 Å². The van der Waals surface area contributed by atoms with E-state index in [1.54, 1.807) is 11.9 Å². The lowest BCUT2D eigenvalue weighted by molar-refractivity contribution is -0.149. The topological polar surface area (TPSA) is 60.9 Å². The maximum Gasteiger partial charge on any atom is 0.242 e. The minimum atomic E-state index is -0.0379. The van der Waals surface area contributed by atoms with Crippen LogP contribution < -0.4 is 0 Å². The van der Waals surface area contributed by atoms with Crippen molar-refractivity contribution in [2.24, 2.45) is 0 Å². The molecule has 1 N–H and O–H groups in total. The summed E-state index contributed by atoms with van der Waals surface area (Å²) >= 11 is 1.51. The van der Waals surface area contributed by atoms with Crippen molar-refractivity contribution in [3.05, 3.63) is 21.9 Å². The first-order valence-electron chi connectivity index (χ1n) is 6.30. The molecule has 0 radical (unpaired) electrons. The van der Waals surface area contributed by atoms with Crippen molar-refractivity contribution in [1.82, 2.24) is 9.80 Å². The number of carbonyl (C=O) groups is 2. The van der Waals surface area contributed by atoms with Gasteiger partial charge in [-0.25, -0.2) is 0 Å². The van der Waals surface area contributed by atoms with Crippen LogP contribution in [0, 0.1) is 11.8 Å². The predicted octanol–water partition coefficient (Wildman–Crippen LogP) is 0.283. The number of nitrogens with zero attached hydrogens (tertiary/aromatic N) is 2. The van der Waals surface area contributed by atoms with Gasteiger partial charge in [-0.2, -0.15) is 0 Å². The standard InChI is InChI=1S/C14H16N2O3S/c1-15-9-14(19)16(10-13(15)18)8-12-6-5-11(20-12)4-2-3-7-17/h5-6,17H,3,7-10H2,1H3. The third-order valence-corrected chi connectivity index (χ3v) is 3.92. The molecule has 0 bridgehead atoms. The number of hydrogen-bond acceptors (Lipinski definition) is 4. The maximum absolute atomic E-state index is 11.9. The molecule has 0 saturated carbocycles. The molecular formula is C14H16N2O3S. The van der Waals surface area contributed by atoms with Crippen LogP contribution in [0.15, 0.2) is 12.1 Å². The molecular weight excluding hydrogens is 276 g/mol. The summed E-state index contributed by atoms with van der Waals surface area (Å²) in [6.07, 6.45) is 0.457. The number of thiophene rings is 1. The van der Waals surface area contributed by atoms with Crippen LogP contribution in [0.4, 0.5) is 0 Å². The van der Waals surface area contributed by atoms with Gasteiger partial charge < -0.3 is 14.9 Å². The molecule has 5 nitrogen and oxygen atoms in total. The van der Waals surface area contributed by atoms with Gasteiger partial charge in [-0.1, -0.05) is 11.8 Å². The molecule has 2 amide bonds. The second kappa shape index (κ2) is 6.55. The molecule has 0 aromatic carbocycles. The minimum Gasteiger partial charge on any atom is -0.395 e. The predicted molar refractivity (Wildman–Crippen MR) is 76.0 cm³/mol. The van der Waals surface area contributed by atoms with Crippen molar-refractivity contribution in [2.75, 3.05) is 26.7 Å². The summed E-state index contributed by atoms with van der Waals surface area (Å²) in [6, 6.07) is 3.82. The van der Waals surface area contributed by atoms with Crippen LogP contribution in [0.1, 0.15) is 16.2 Å². The highest BCUT2D eigenvalue weighted by molar-refractivity contribution is 7.12. The monoisotopic (exact) mass is 292 g/mol. The average molecular weight is 292 g/mol. The molecule has 1 aliphatic heterocycles. The molecule has 0 aliphatic carbocycles. The molecule has 6 heteroatoms. The fourth-order valence-electron chi connectivity index (χ4n) is 1.83. The number of carbonyl (C=O) groups excluding carboxylic acids is 2. The first-order valence-corrected chi connectivity index (χ1v) is 7.12. The Morgan fingerprint density at radius 2 is 2.10 bits per heavy atom. The van der Waals surface area contributed by atoms with Gasteiger partial charge in [0.05, 0.1) is 24.6 Å². The zero-order valence-corrected chi connectivity index (χ0v) is 12.1. The molecule has 1 saturated heterocycles. The lowest BCUT2D eigenvalue weighted by Crippen LogP contribution is -2.51. The van der Waals surface area contributed by atoms with Crippen LogP contribution in [0.2, 0.25) is 0 Å². The van der Waals surface area contributed by atoms with Crippen LogP contribution in [0.25, 0.3) is 0 Å². The van der Waals surface area contributed by atoms with Gasteiger partial charge in [-0.05, 0) is 12.1 Å². The van der Waals surface area contributed by atoms with E-state index >= 15 is 0 Å². The summed E-state index contributed by atoms with van der Waals surface area (Å²) in [5, 5.41) is 8.66. The van der Waals surface area contributed by atoms with E-state index in [1.807, 2.05) is 12.1 Å². The average Bonchev–Trinajstić information content (AvgIpc) is 2.84. The maximum atomic E-state index is 11.9. The first kappa shape index (κ1) is 14.6. The number of rotatable bonds is 3. The highest BCUT2D eigenvalue weighted by Gasteiger charge is 2.27. The molecule has 106 valence electrons. The Balaban J connectivity index is 1.98. The Kier molecular flexibility index (Phi) is 4.77. The molecule has 1 fully saturated rings. The lowest BCUT2D eigenvalue weighted by atomic mass is 10.3. The van der Waals surface area contributed by atoms with Crippen molar-refractivity contribution >= 4 is 23.2 Å². The number of amides is 2. The summed E-state index contributed by atoms with van der Waals surface area (Å²) in [7, 11) is 1.64. The van der Waals surface area contributed by atoms with Crippen molar-refractivity contribution < 1.29 is 14.7 Å². The number of aliphatic hydroxyl groups is 1. The fourth-order valence-corrected chi connectivity index (χ4v) is 2.73. The molecule has 1 aromatic rings. The highest BCUT2D eigenvalue weighted by atomic mass is 32.1. The van der Waals surface area contributed by atoms with E-state index in [2.05, 4.69) is 11.8 Å². The summed E-state index contributed by atoms with van der Waals surface area (Å²) in [5.74, 6) is 5.75. The molecule has 2 heterocycles. The van der Waals surface area contributed by atoms with Crippen molar-refractivity contribution in [1.29, 1.82) is 0 Å². The smallest absolute Gasteiger partial charge is 0.242 e. The third kappa shape index (κ3) is 3.59. The third-order valence-electron chi connectivity index (χ3n) is 2.93. The Morgan fingerprint density at radius 1 is 1.30 bits per heavy atom. The van der Waals surface area contributed by atoms with Gasteiger partial charge in [0.25, 0.3) is 0 Å². The van der Waals surface area contributed by atoms with E-state index in [-0.39, 0.29) is 31.5 Å². The summed E-state index contributed by atoms with van der Waals surface area (Å²) in [4.78, 5) is 28.4. The Hall–Kier alpha value is -1.84. The van der Waals surface area contributed by atoms with E-state index in [9.17, 15) is 9.59 Å². The Bertz CT molecular complexity index is 570. The molecule has 2 rings (SSSR count). The van der Waals surface area contributed by atoms with Gasteiger partial charge in [0.1, 0.15) is 6.54 Å². The molecule has 20 heavy (non-hydrogen) atoms. The van der Waals surface area contributed by atoms with Crippen LogP contribution >= 0.6 is 11.3 Å².